The molecule has 3 heterocycles. The van der Waals surface area contributed by atoms with Gasteiger partial charge < -0.3 is 19.8 Å². The Morgan fingerprint density at radius 3 is 2.70 bits per heavy atom. The van der Waals surface area contributed by atoms with E-state index < -0.39 is 0 Å². The molecule has 0 unspecified atom stereocenters. The molecule has 1 aliphatic heterocycles. The summed E-state index contributed by atoms with van der Waals surface area (Å²) >= 11 is 0. The molecule has 0 aliphatic carbocycles. The highest BCUT2D eigenvalue weighted by Crippen LogP contribution is 2.24. The van der Waals surface area contributed by atoms with Gasteiger partial charge in [-0.15, -0.1) is 0 Å². The average Bonchev–Trinajstić information content (AvgIpc) is 3.24. The van der Waals surface area contributed by atoms with Gasteiger partial charge in [0, 0.05) is 45.5 Å². The number of aromatic amines is 1. The summed E-state index contributed by atoms with van der Waals surface area (Å²) < 4.78 is 3.73. The third-order valence-corrected chi connectivity index (χ3v) is 5.44. The van der Waals surface area contributed by atoms with Crippen LogP contribution in [0.5, 0.6) is 0 Å². The second-order valence-electron chi connectivity index (χ2n) is 7.15. The summed E-state index contributed by atoms with van der Waals surface area (Å²) in [5.74, 6) is -0.0391. The van der Waals surface area contributed by atoms with Gasteiger partial charge in [-0.1, -0.05) is 12.1 Å². The summed E-state index contributed by atoms with van der Waals surface area (Å²) in [6.07, 6.45) is 3.74. The van der Waals surface area contributed by atoms with Crippen LogP contribution in [0.4, 0.5) is 0 Å². The maximum absolute atomic E-state index is 12.4. The minimum Gasteiger partial charge on any atom is -0.349 e. The first-order valence-electron chi connectivity index (χ1n) is 9.44. The molecule has 7 heteroatoms. The molecule has 1 saturated heterocycles. The van der Waals surface area contributed by atoms with E-state index in [1.54, 1.807) is 0 Å². The van der Waals surface area contributed by atoms with Gasteiger partial charge in [-0.2, -0.15) is 0 Å². The maximum Gasteiger partial charge on any atom is 0.326 e. The highest BCUT2D eigenvalue weighted by atomic mass is 16.2. The Morgan fingerprint density at radius 1 is 1.19 bits per heavy atom. The number of aryl methyl sites for hydroxylation is 1. The van der Waals surface area contributed by atoms with Crippen molar-refractivity contribution in [2.45, 2.75) is 18.9 Å². The first-order chi connectivity index (χ1) is 13.1. The second-order valence-corrected chi connectivity index (χ2v) is 7.15. The van der Waals surface area contributed by atoms with E-state index in [0.29, 0.717) is 12.2 Å². The normalized spacial score (nSPS) is 16.0. The highest BCUT2D eigenvalue weighted by Gasteiger charge is 2.23. The highest BCUT2D eigenvalue weighted by molar-refractivity contribution is 5.92. The van der Waals surface area contributed by atoms with E-state index in [1.165, 1.54) is 0 Å². The predicted molar refractivity (Wildman–Crippen MR) is 105 cm³/mol. The third kappa shape index (κ3) is 3.55. The van der Waals surface area contributed by atoms with Crippen molar-refractivity contribution in [2.24, 2.45) is 7.05 Å². The van der Waals surface area contributed by atoms with E-state index in [-0.39, 0.29) is 17.6 Å². The van der Waals surface area contributed by atoms with Gasteiger partial charge in [0.15, 0.2) is 0 Å². The average molecular weight is 367 g/mol. The van der Waals surface area contributed by atoms with Crippen molar-refractivity contribution in [1.29, 1.82) is 0 Å². The summed E-state index contributed by atoms with van der Waals surface area (Å²) in [4.78, 5) is 29.8. The van der Waals surface area contributed by atoms with Crippen molar-refractivity contribution in [3.8, 4) is 0 Å². The number of carbonyl (C=O) groups is 1. The molecule has 0 spiro atoms. The number of amides is 1. The molecule has 1 fully saturated rings. The lowest BCUT2D eigenvalue weighted by atomic mass is 10.0. The number of piperidine rings is 1. The van der Waals surface area contributed by atoms with Crippen LogP contribution < -0.4 is 11.0 Å². The number of para-hydroxylation sites is 2. The molecule has 0 radical (unpaired) electrons. The number of hydrogen-bond donors (Lipinski definition) is 2. The van der Waals surface area contributed by atoms with Crippen molar-refractivity contribution in [3.63, 3.8) is 0 Å². The molecule has 7 nitrogen and oxygen atoms in total. The van der Waals surface area contributed by atoms with Crippen LogP contribution in [0.3, 0.4) is 0 Å². The SMILES string of the molecule is Cn1cccc1C(=O)NCCN1CCC(n2c(=O)[nH]c3ccccc32)CC1. The number of H-pyrrole nitrogens is 1. The summed E-state index contributed by atoms with van der Waals surface area (Å²) in [6, 6.07) is 11.8. The van der Waals surface area contributed by atoms with Crippen LogP contribution in [0.15, 0.2) is 47.4 Å². The minimum atomic E-state index is -0.0391. The van der Waals surface area contributed by atoms with Gasteiger partial charge in [0.1, 0.15) is 5.69 Å². The lowest BCUT2D eigenvalue weighted by Crippen LogP contribution is -2.41. The number of benzene rings is 1. The molecule has 142 valence electrons. The summed E-state index contributed by atoms with van der Waals surface area (Å²) in [5.41, 5.74) is 2.53. The number of nitrogens with one attached hydrogen (secondary N) is 2. The van der Waals surface area contributed by atoms with Crippen molar-refractivity contribution in [2.75, 3.05) is 26.2 Å². The molecule has 3 aromatic rings. The predicted octanol–water partition coefficient (Wildman–Crippen LogP) is 1.73. The molecule has 0 bridgehead atoms. The standard InChI is InChI=1S/C20H25N5O2/c1-23-11-4-7-18(23)19(26)21-10-14-24-12-8-15(9-13-24)25-17-6-3-2-5-16(17)22-20(25)27/h2-7,11,15H,8-10,12-14H2,1H3,(H,21,26)(H,22,27). The zero-order valence-electron chi connectivity index (χ0n) is 15.5. The summed E-state index contributed by atoms with van der Waals surface area (Å²) in [7, 11) is 1.87. The molecular weight excluding hydrogens is 342 g/mol. The number of nitrogens with zero attached hydrogens (tertiary/aromatic N) is 3. The van der Waals surface area contributed by atoms with Crippen LogP contribution in [0.25, 0.3) is 11.0 Å². The molecule has 4 rings (SSSR count). The molecule has 27 heavy (non-hydrogen) atoms. The number of rotatable bonds is 5. The van der Waals surface area contributed by atoms with Crippen molar-refractivity contribution >= 4 is 16.9 Å². The van der Waals surface area contributed by atoms with E-state index in [1.807, 2.05) is 58.8 Å². The van der Waals surface area contributed by atoms with E-state index in [4.69, 9.17) is 0 Å². The van der Waals surface area contributed by atoms with Crippen molar-refractivity contribution in [3.05, 3.63) is 58.8 Å². The smallest absolute Gasteiger partial charge is 0.326 e. The first kappa shape index (κ1) is 17.6. The van der Waals surface area contributed by atoms with Crippen LogP contribution in [-0.4, -0.2) is 51.1 Å². The zero-order chi connectivity index (χ0) is 18.8. The molecule has 2 N–H and O–H groups in total. The maximum atomic E-state index is 12.4. The fourth-order valence-electron chi connectivity index (χ4n) is 3.95. The third-order valence-electron chi connectivity index (χ3n) is 5.44. The molecule has 1 aliphatic rings. The van der Waals surface area contributed by atoms with Gasteiger partial charge >= 0.3 is 5.69 Å². The second kappa shape index (κ2) is 7.44. The van der Waals surface area contributed by atoms with Gasteiger partial charge in [0.2, 0.25) is 0 Å². The van der Waals surface area contributed by atoms with Crippen LogP contribution >= 0.6 is 0 Å². The van der Waals surface area contributed by atoms with Crippen molar-refractivity contribution < 1.29 is 4.79 Å². The molecular formula is C20H25N5O2. The lowest BCUT2D eigenvalue weighted by molar-refractivity contribution is 0.0936. The molecule has 0 saturated carbocycles. The molecule has 0 atom stereocenters. The molecule has 1 aromatic carbocycles. The molecule has 1 amide bonds. The van der Waals surface area contributed by atoms with Crippen LogP contribution in [-0.2, 0) is 7.05 Å². The Bertz CT molecular complexity index is 991. The topological polar surface area (TPSA) is 75.1 Å². The Hall–Kier alpha value is -2.80. The van der Waals surface area contributed by atoms with Gasteiger partial charge in [0.05, 0.1) is 11.0 Å². The first-order valence-corrected chi connectivity index (χ1v) is 9.44. The monoisotopic (exact) mass is 367 g/mol. The number of carbonyl (C=O) groups excluding carboxylic acids is 1. The van der Waals surface area contributed by atoms with Gasteiger partial charge in [-0.3, -0.25) is 9.36 Å². The van der Waals surface area contributed by atoms with Crippen LogP contribution in [0.1, 0.15) is 29.4 Å². The van der Waals surface area contributed by atoms with Crippen molar-refractivity contribution in [1.82, 2.24) is 24.3 Å². The van der Waals surface area contributed by atoms with E-state index >= 15 is 0 Å². The fraction of sp³-hybridized carbons (Fsp3) is 0.400. The fourth-order valence-corrected chi connectivity index (χ4v) is 3.95. The molecule has 2 aromatic heterocycles. The van der Waals surface area contributed by atoms with Gasteiger partial charge in [-0.05, 0) is 37.1 Å². The zero-order valence-corrected chi connectivity index (χ0v) is 15.5. The number of hydrogen-bond acceptors (Lipinski definition) is 3. The number of aromatic nitrogens is 3. The lowest BCUT2D eigenvalue weighted by Gasteiger charge is -2.32. The minimum absolute atomic E-state index is 0.0236. The summed E-state index contributed by atoms with van der Waals surface area (Å²) in [5, 5.41) is 2.98. The van der Waals surface area contributed by atoms with Crippen LogP contribution in [0, 0.1) is 0 Å². The van der Waals surface area contributed by atoms with E-state index in [9.17, 15) is 9.59 Å². The number of imidazole rings is 1. The summed E-state index contributed by atoms with van der Waals surface area (Å²) in [6.45, 7) is 3.31. The van der Waals surface area contributed by atoms with Crippen LogP contribution in [0.2, 0.25) is 0 Å². The number of fused-ring (bicyclic) bond motifs is 1. The van der Waals surface area contributed by atoms with Gasteiger partial charge in [-0.25, -0.2) is 4.79 Å². The number of likely N-dealkylation sites (tertiary alicyclic amines) is 1. The quantitative estimate of drug-likeness (QED) is 0.721. The van der Waals surface area contributed by atoms with E-state index in [0.717, 1.165) is 43.5 Å². The Balaban J connectivity index is 1.30. The van der Waals surface area contributed by atoms with E-state index in [2.05, 4.69) is 15.2 Å². The Kier molecular flexibility index (Phi) is 4.85. The van der Waals surface area contributed by atoms with Gasteiger partial charge in [0.25, 0.3) is 5.91 Å². The Labute approximate surface area is 157 Å². The largest absolute Gasteiger partial charge is 0.349 e. The Morgan fingerprint density at radius 2 is 1.96 bits per heavy atom.